The Kier molecular flexibility index (Phi) is 13.6. The van der Waals surface area contributed by atoms with Crippen molar-refractivity contribution in [2.24, 2.45) is 5.73 Å². The number of aliphatic hydroxyl groups is 1. The van der Waals surface area contributed by atoms with Crippen LogP contribution in [0.1, 0.15) is 62.2 Å². The van der Waals surface area contributed by atoms with Crippen LogP contribution in [-0.4, -0.2) is 47.2 Å². The normalized spacial score (nSPS) is 11.1. The molecule has 0 radical (unpaired) electrons. The third kappa shape index (κ3) is 10.4. The minimum absolute atomic E-state index is 0.131. The van der Waals surface area contributed by atoms with Gasteiger partial charge in [-0.1, -0.05) is 48.5 Å². The number of carbonyl (C=O) groups excluding carboxylic acids is 2. The van der Waals surface area contributed by atoms with Gasteiger partial charge in [0.25, 0.3) is 11.8 Å². The van der Waals surface area contributed by atoms with Gasteiger partial charge in [0.05, 0.1) is 30.5 Å². The van der Waals surface area contributed by atoms with Crippen LogP contribution in [0.4, 0.5) is 17.1 Å². The van der Waals surface area contributed by atoms with E-state index < -0.39 is 5.91 Å². The van der Waals surface area contributed by atoms with Crippen LogP contribution >= 0.6 is 11.8 Å². The minimum atomic E-state index is -0.590. The highest BCUT2D eigenvalue weighted by atomic mass is 32.2. The van der Waals surface area contributed by atoms with Crippen LogP contribution in [0, 0.1) is 6.92 Å². The molecule has 1 heterocycles. The predicted octanol–water partition coefficient (Wildman–Crippen LogP) is 8.54. The number of aromatic nitrogens is 1. The zero-order valence-electron chi connectivity index (χ0n) is 31.6. The van der Waals surface area contributed by atoms with E-state index in [1.54, 1.807) is 19.2 Å². The van der Waals surface area contributed by atoms with E-state index in [4.69, 9.17) is 10.5 Å². The molecule has 0 saturated heterocycles. The Morgan fingerprint density at radius 3 is 2.41 bits per heavy atom. The average molecular weight is 770 g/mol. The number of rotatable bonds is 18. The third-order valence-corrected chi connectivity index (χ3v) is 10.5. The lowest BCUT2D eigenvalue weighted by Gasteiger charge is -2.16. The van der Waals surface area contributed by atoms with Crippen molar-refractivity contribution >= 4 is 51.5 Å². The second kappa shape index (κ2) is 19.1. The predicted molar refractivity (Wildman–Crippen MR) is 224 cm³/mol. The number of nitrogens with zero attached hydrogens (tertiary/aromatic N) is 1. The lowest BCUT2D eigenvalue weighted by molar-refractivity contribution is 0.0998. The van der Waals surface area contributed by atoms with E-state index in [0.717, 1.165) is 88.4 Å². The molecule has 0 bridgehead atoms. The van der Waals surface area contributed by atoms with Crippen molar-refractivity contribution in [2.45, 2.75) is 55.4 Å². The van der Waals surface area contributed by atoms with Crippen LogP contribution < -0.4 is 26.4 Å². The smallest absolute Gasteiger partial charge is 0.255 e. The Balaban J connectivity index is 1.02. The first-order valence-electron chi connectivity index (χ1n) is 18.7. The third-order valence-electron chi connectivity index (χ3n) is 9.51. The summed E-state index contributed by atoms with van der Waals surface area (Å²) in [5.41, 5.74) is 13.2. The molecule has 7 N–H and O–H groups in total. The number of aliphatic hydroxyl groups excluding tert-OH is 1. The second-order valence-corrected chi connectivity index (χ2v) is 14.8. The van der Waals surface area contributed by atoms with Crippen LogP contribution in [0.3, 0.4) is 0 Å². The molecule has 0 fully saturated rings. The van der Waals surface area contributed by atoms with Gasteiger partial charge in [-0.2, -0.15) is 0 Å². The van der Waals surface area contributed by atoms with Crippen molar-refractivity contribution in [3.63, 3.8) is 0 Å². The average Bonchev–Trinajstić information content (AvgIpc) is 3.20. The Labute approximate surface area is 331 Å². The molecule has 1 aromatic heterocycles. The summed E-state index contributed by atoms with van der Waals surface area (Å²) in [5, 5.41) is 29.7. The van der Waals surface area contributed by atoms with Crippen molar-refractivity contribution in [2.75, 3.05) is 30.8 Å². The van der Waals surface area contributed by atoms with Crippen molar-refractivity contribution in [3.8, 4) is 11.5 Å². The van der Waals surface area contributed by atoms with E-state index in [0.29, 0.717) is 22.6 Å². The maximum absolute atomic E-state index is 13.3. The standard InChI is InChI=1S/C45H47N5O5S/c1-29-22-38(26-39-42(29)48-27-40(44(46)53)43(39)49-35-10-7-11-36(25-35)55-2)56-37-12-6-9-32(24-37)45(54)50-34-16-13-30(14-17-34)8-4-3-5-20-47-21-19-31-15-18-41(52)33(23-31)28-51/h6-7,9-18,22-27,47,51-52H,3-5,8,19-21,28H2,1-2H3,(H2,46,53)(H,48,49)(H,50,54). The first-order chi connectivity index (χ1) is 27.2. The van der Waals surface area contributed by atoms with Crippen LogP contribution in [-0.2, 0) is 19.4 Å². The lowest BCUT2D eigenvalue weighted by atomic mass is 10.1. The molecule has 6 aromatic rings. The number of hydrogen-bond acceptors (Lipinski definition) is 9. The maximum Gasteiger partial charge on any atom is 0.255 e. The van der Waals surface area contributed by atoms with Gasteiger partial charge in [0.15, 0.2) is 0 Å². The first kappa shape index (κ1) is 39.8. The summed E-state index contributed by atoms with van der Waals surface area (Å²) >= 11 is 1.52. The fourth-order valence-electron chi connectivity index (χ4n) is 6.50. The lowest BCUT2D eigenvalue weighted by Crippen LogP contribution is -2.18. The topological polar surface area (TPSA) is 159 Å². The van der Waals surface area contributed by atoms with Gasteiger partial charge in [0, 0.05) is 49.9 Å². The number of carbonyl (C=O) groups is 2. The number of fused-ring (bicyclic) bond motifs is 1. The van der Waals surface area contributed by atoms with E-state index >= 15 is 0 Å². The van der Waals surface area contributed by atoms with E-state index in [-0.39, 0.29) is 23.8 Å². The Morgan fingerprint density at radius 2 is 1.62 bits per heavy atom. The van der Waals surface area contributed by atoms with Crippen molar-refractivity contribution < 1.29 is 24.5 Å². The molecule has 0 aliphatic heterocycles. The van der Waals surface area contributed by atoms with Gasteiger partial charge >= 0.3 is 0 Å². The van der Waals surface area contributed by atoms with Crippen LogP contribution in [0.15, 0.2) is 119 Å². The highest BCUT2D eigenvalue weighted by Gasteiger charge is 2.17. The molecule has 288 valence electrons. The summed E-state index contributed by atoms with van der Waals surface area (Å²) in [6.07, 6.45) is 6.59. The maximum atomic E-state index is 13.3. The van der Waals surface area contributed by atoms with E-state index in [2.05, 4.69) is 33.1 Å². The zero-order valence-corrected chi connectivity index (χ0v) is 32.4. The first-order valence-corrected chi connectivity index (χ1v) is 19.5. The zero-order chi connectivity index (χ0) is 39.4. The molecule has 0 aliphatic carbocycles. The number of amides is 2. The Hall–Kier alpha value is -5.88. The van der Waals surface area contributed by atoms with Gasteiger partial charge in [-0.05, 0) is 129 Å². The molecule has 10 nitrogen and oxygen atoms in total. The molecular formula is C45H47N5O5S. The van der Waals surface area contributed by atoms with E-state index in [1.165, 1.54) is 23.5 Å². The number of aryl methyl sites for hydroxylation is 2. The monoisotopic (exact) mass is 769 g/mol. The molecule has 0 spiro atoms. The molecular weight excluding hydrogens is 723 g/mol. The number of benzene rings is 5. The molecule has 6 rings (SSSR count). The number of nitrogens with two attached hydrogens (primary N) is 1. The molecule has 0 aliphatic rings. The van der Waals surface area contributed by atoms with Gasteiger partial charge in [-0.15, -0.1) is 0 Å². The molecule has 56 heavy (non-hydrogen) atoms. The van der Waals surface area contributed by atoms with Crippen molar-refractivity contribution in [1.82, 2.24) is 10.3 Å². The van der Waals surface area contributed by atoms with Gasteiger partial charge in [-0.25, -0.2) is 0 Å². The number of phenols is 1. The fourth-order valence-corrected chi connectivity index (χ4v) is 7.52. The number of ether oxygens (including phenoxy) is 1. The second-order valence-electron chi connectivity index (χ2n) is 13.6. The van der Waals surface area contributed by atoms with Gasteiger partial charge in [0.2, 0.25) is 0 Å². The summed E-state index contributed by atoms with van der Waals surface area (Å²) in [6.45, 7) is 3.60. The molecule has 0 unspecified atom stereocenters. The molecule has 2 amide bonds. The van der Waals surface area contributed by atoms with Gasteiger partial charge in [-0.3, -0.25) is 14.6 Å². The summed E-state index contributed by atoms with van der Waals surface area (Å²) in [5.74, 6) is 0.0235. The summed E-state index contributed by atoms with van der Waals surface area (Å²) in [7, 11) is 1.60. The molecule has 0 atom stereocenters. The summed E-state index contributed by atoms with van der Waals surface area (Å²) in [6, 6.07) is 32.4. The largest absolute Gasteiger partial charge is 0.508 e. The quantitative estimate of drug-likeness (QED) is 0.0471. The number of primary amides is 1. The van der Waals surface area contributed by atoms with Gasteiger partial charge < -0.3 is 36.6 Å². The number of hydrogen-bond donors (Lipinski definition) is 6. The number of pyridine rings is 1. The number of nitrogens with one attached hydrogen (secondary N) is 3. The SMILES string of the molecule is COc1cccc(Nc2c(C(N)=O)cnc3c(C)cc(Sc4cccc(C(=O)Nc5ccc(CCCCCNCCc6ccc(O)c(CO)c6)cc5)c4)cc23)c1. The summed E-state index contributed by atoms with van der Waals surface area (Å²) < 4.78 is 5.38. The van der Waals surface area contributed by atoms with Crippen LogP contribution in [0.5, 0.6) is 11.5 Å². The number of aromatic hydroxyl groups is 1. The Bertz CT molecular complexity index is 2310. The Morgan fingerprint density at radius 1 is 0.821 bits per heavy atom. The van der Waals surface area contributed by atoms with E-state index in [1.807, 2.05) is 85.8 Å². The van der Waals surface area contributed by atoms with Crippen LogP contribution in [0.25, 0.3) is 10.9 Å². The molecule has 5 aromatic carbocycles. The van der Waals surface area contributed by atoms with Gasteiger partial charge in [0.1, 0.15) is 11.5 Å². The van der Waals surface area contributed by atoms with Crippen LogP contribution in [0.2, 0.25) is 0 Å². The fraction of sp³-hybridized carbons (Fsp3) is 0.222. The highest BCUT2D eigenvalue weighted by Crippen LogP contribution is 2.37. The van der Waals surface area contributed by atoms with E-state index in [9.17, 15) is 19.8 Å². The minimum Gasteiger partial charge on any atom is -0.508 e. The van der Waals surface area contributed by atoms with Crippen molar-refractivity contribution in [1.29, 1.82) is 0 Å². The molecule has 0 saturated carbocycles. The van der Waals surface area contributed by atoms with Crippen molar-refractivity contribution in [3.05, 3.63) is 143 Å². The molecule has 11 heteroatoms. The number of unbranched alkanes of at least 4 members (excludes halogenated alkanes) is 2. The highest BCUT2D eigenvalue weighted by molar-refractivity contribution is 7.99. The number of anilines is 3. The number of methoxy groups -OCH3 is 1. The summed E-state index contributed by atoms with van der Waals surface area (Å²) in [4.78, 5) is 32.2.